The van der Waals surface area contributed by atoms with Gasteiger partial charge in [-0.25, -0.2) is 5.48 Å². The van der Waals surface area contributed by atoms with Crippen LogP contribution in [0.1, 0.15) is 44.9 Å². The van der Waals surface area contributed by atoms with Crippen LogP contribution in [-0.4, -0.2) is 53.0 Å². The molecule has 0 aromatic carbocycles. The lowest BCUT2D eigenvalue weighted by molar-refractivity contribution is -0.157. The van der Waals surface area contributed by atoms with Crippen LogP contribution in [-0.2, 0) is 9.59 Å². The maximum absolute atomic E-state index is 13.4. The molecule has 5 aliphatic rings. The number of hydrogen-bond donors (Lipinski definition) is 3. The first-order valence-electron chi connectivity index (χ1n) is 9.32. The molecular formula is C18H26N4O3. The van der Waals surface area contributed by atoms with E-state index >= 15 is 0 Å². The van der Waals surface area contributed by atoms with Crippen molar-refractivity contribution in [2.24, 2.45) is 28.2 Å². The van der Waals surface area contributed by atoms with E-state index in [2.05, 4.69) is 4.99 Å². The van der Waals surface area contributed by atoms with Gasteiger partial charge >= 0.3 is 0 Å². The molecule has 136 valence electrons. The quantitative estimate of drug-likeness (QED) is 0.407. The molecule has 0 aromatic rings. The molecule has 1 aliphatic heterocycles. The van der Waals surface area contributed by atoms with Crippen LogP contribution in [0, 0.1) is 28.6 Å². The highest BCUT2D eigenvalue weighted by Gasteiger charge is 2.55. The summed E-state index contributed by atoms with van der Waals surface area (Å²) in [4.78, 5) is 31.0. The third kappa shape index (κ3) is 2.99. The maximum Gasteiger partial charge on any atom is 0.288 e. The second-order valence-electron chi connectivity index (χ2n) is 8.47. The molecule has 0 unspecified atom stereocenters. The van der Waals surface area contributed by atoms with Crippen LogP contribution in [0.25, 0.3) is 0 Å². The number of nitrogens with zero attached hydrogens (tertiary/aromatic N) is 2. The van der Waals surface area contributed by atoms with Gasteiger partial charge in [-0.15, -0.1) is 0 Å². The van der Waals surface area contributed by atoms with E-state index in [1.54, 1.807) is 0 Å². The SMILES string of the molecule is N=C(CC1=NCCN(C(=O)C23CC4CC(CC(C4)C2)C3)C1)C(=O)NO. The molecule has 0 spiro atoms. The number of rotatable bonds is 4. The van der Waals surface area contributed by atoms with E-state index in [9.17, 15) is 9.59 Å². The van der Waals surface area contributed by atoms with Crippen LogP contribution >= 0.6 is 0 Å². The van der Waals surface area contributed by atoms with Gasteiger partial charge in [-0.05, 0) is 56.3 Å². The summed E-state index contributed by atoms with van der Waals surface area (Å²) in [6.45, 7) is 1.56. The van der Waals surface area contributed by atoms with E-state index in [0.717, 1.165) is 37.0 Å². The first-order valence-corrected chi connectivity index (χ1v) is 9.32. The third-order valence-electron chi connectivity index (χ3n) is 6.61. The van der Waals surface area contributed by atoms with Crippen molar-refractivity contribution in [3.05, 3.63) is 0 Å². The van der Waals surface area contributed by atoms with Crippen molar-refractivity contribution in [3.8, 4) is 0 Å². The predicted octanol–water partition coefficient (Wildman–Crippen LogP) is 1.40. The summed E-state index contributed by atoms with van der Waals surface area (Å²) in [6.07, 6.45) is 7.15. The number of amides is 2. The number of hydrogen-bond acceptors (Lipinski definition) is 5. The highest BCUT2D eigenvalue weighted by Crippen LogP contribution is 2.60. The molecule has 4 aliphatic carbocycles. The molecule has 0 radical (unpaired) electrons. The highest BCUT2D eigenvalue weighted by atomic mass is 16.5. The van der Waals surface area contributed by atoms with Crippen molar-refractivity contribution in [2.45, 2.75) is 44.9 Å². The van der Waals surface area contributed by atoms with E-state index < -0.39 is 5.91 Å². The first-order chi connectivity index (χ1) is 12.0. The van der Waals surface area contributed by atoms with E-state index in [1.165, 1.54) is 24.7 Å². The zero-order valence-corrected chi connectivity index (χ0v) is 14.5. The smallest absolute Gasteiger partial charge is 0.288 e. The molecule has 0 atom stereocenters. The van der Waals surface area contributed by atoms with Crippen molar-refractivity contribution in [1.82, 2.24) is 10.4 Å². The minimum atomic E-state index is -0.813. The zero-order chi connectivity index (χ0) is 17.6. The number of carbonyl (C=O) groups is 2. The lowest BCUT2D eigenvalue weighted by Gasteiger charge is -2.56. The molecular weight excluding hydrogens is 320 g/mol. The van der Waals surface area contributed by atoms with Crippen LogP contribution < -0.4 is 5.48 Å². The Balaban J connectivity index is 1.44. The van der Waals surface area contributed by atoms with Gasteiger partial charge in [0.25, 0.3) is 5.91 Å². The molecule has 7 heteroatoms. The molecule has 7 nitrogen and oxygen atoms in total. The Morgan fingerprint density at radius 1 is 1.20 bits per heavy atom. The fourth-order valence-corrected chi connectivity index (χ4v) is 6.02. The Morgan fingerprint density at radius 2 is 1.80 bits per heavy atom. The summed E-state index contributed by atoms with van der Waals surface area (Å²) in [5.41, 5.74) is 1.77. The Kier molecular flexibility index (Phi) is 4.14. The van der Waals surface area contributed by atoms with E-state index in [0.29, 0.717) is 25.3 Å². The van der Waals surface area contributed by atoms with Crippen molar-refractivity contribution in [1.29, 1.82) is 5.41 Å². The molecule has 4 saturated carbocycles. The Labute approximate surface area is 147 Å². The van der Waals surface area contributed by atoms with Gasteiger partial charge < -0.3 is 4.90 Å². The van der Waals surface area contributed by atoms with Crippen molar-refractivity contribution in [3.63, 3.8) is 0 Å². The second kappa shape index (κ2) is 6.20. The first kappa shape index (κ1) is 16.7. The van der Waals surface area contributed by atoms with Crippen molar-refractivity contribution < 1.29 is 14.8 Å². The fourth-order valence-electron chi connectivity index (χ4n) is 6.02. The summed E-state index contributed by atoms with van der Waals surface area (Å²) in [6, 6.07) is 0. The van der Waals surface area contributed by atoms with Gasteiger partial charge in [0, 0.05) is 18.7 Å². The third-order valence-corrected chi connectivity index (χ3v) is 6.61. The topological polar surface area (TPSA) is 106 Å². The largest absolute Gasteiger partial charge is 0.335 e. The lowest BCUT2D eigenvalue weighted by atomic mass is 9.49. The fraction of sp³-hybridized carbons (Fsp3) is 0.778. The van der Waals surface area contributed by atoms with Crippen LogP contribution in [0.5, 0.6) is 0 Å². The van der Waals surface area contributed by atoms with Crippen molar-refractivity contribution in [2.75, 3.05) is 19.6 Å². The van der Waals surface area contributed by atoms with Crippen LogP contribution in [0.4, 0.5) is 0 Å². The normalized spacial score (nSPS) is 36.1. The summed E-state index contributed by atoms with van der Waals surface area (Å²) in [7, 11) is 0. The molecule has 2 amide bonds. The monoisotopic (exact) mass is 346 g/mol. The van der Waals surface area contributed by atoms with Crippen molar-refractivity contribution >= 4 is 23.2 Å². The summed E-state index contributed by atoms with van der Waals surface area (Å²) < 4.78 is 0. The van der Waals surface area contributed by atoms with E-state index in [1.807, 2.05) is 4.90 Å². The molecule has 3 N–H and O–H groups in total. The molecule has 0 saturated heterocycles. The second-order valence-corrected chi connectivity index (χ2v) is 8.47. The maximum atomic E-state index is 13.4. The lowest BCUT2D eigenvalue weighted by Crippen LogP contribution is -2.56. The molecule has 5 rings (SSSR count). The number of carbonyl (C=O) groups excluding carboxylic acids is 2. The summed E-state index contributed by atoms with van der Waals surface area (Å²) in [5, 5.41) is 16.3. The Hall–Kier alpha value is -1.76. The summed E-state index contributed by atoms with van der Waals surface area (Å²) >= 11 is 0. The number of hydroxylamine groups is 1. The average molecular weight is 346 g/mol. The van der Waals surface area contributed by atoms with E-state index in [-0.39, 0.29) is 23.5 Å². The molecule has 4 bridgehead atoms. The van der Waals surface area contributed by atoms with Crippen LogP contribution in [0.3, 0.4) is 0 Å². The molecule has 1 heterocycles. The van der Waals surface area contributed by atoms with Gasteiger partial charge in [0.15, 0.2) is 0 Å². The zero-order valence-electron chi connectivity index (χ0n) is 14.5. The minimum Gasteiger partial charge on any atom is -0.335 e. The molecule has 4 fully saturated rings. The summed E-state index contributed by atoms with van der Waals surface area (Å²) in [5.74, 6) is 1.66. The van der Waals surface area contributed by atoms with Gasteiger partial charge in [0.1, 0.15) is 5.71 Å². The Bertz CT molecular complexity index is 607. The van der Waals surface area contributed by atoms with Gasteiger partial charge in [-0.3, -0.25) is 25.2 Å². The highest BCUT2D eigenvalue weighted by molar-refractivity contribution is 6.40. The number of aliphatic imine (C=N–C) groups is 1. The average Bonchev–Trinajstić information content (AvgIpc) is 2.59. The number of nitrogens with one attached hydrogen (secondary N) is 2. The van der Waals surface area contributed by atoms with Crippen LogP contribution in [0.15, 0.2) is 4.99 Å². The van der Waals surface area contributed by atoms with Gasteiger partial charge in [-0.1, -0.05) is 0 Å². The minimum absolute atomic E-state index is 0.0804. The Morgan fingerprint density at radius 3 is 2.36 bits per heavy atom. The standard InChI is InChI=1S/C18H26N4O3/c19-15(16(23)21-25)6-14-10-22(2-1-20-14)17(24)18-7-11-3-12(8-18)5-13(4-11)9-18/h11-13,19,25H,1-10H2,(H,21,23). The van der Waals surface area contributed by atoms with Crippen LogP contribution in [0.2, 0.25) is 0 Å². The molecule has 0 aromatic heterocycles. The van der Waals surface area contributed by atoms with E-state index in [4.69, 9.17) is 10.6 Å². The molecule has 25 heavy (non-hydrogen) atoms. The van der Waals surface area contributed by atoms with Gasteiger partial charge in [0.2, 0.25) is 5.91 Å². The van der Waals surface area contributed by atoms with Gasteiger partial charge in [0.05, 0.1) is 18.5 Å². The predicted molar refractivity (Wildman–Crippen MR) is 91.8 cm³/mol. The van der Waals surface area contributed by atoms with Gasteiger partial charge in [-0.2, -0.15) is 0 Å².